The molecule has 0 saturated carbocycles. The Balaban J connectivity index is 2.96. The Labute approximate surface area is 119 Å². The Morgan fingerprint density at radius 2 is 2.10 bits per heavy atom. The van der Waals surface area contributed by atoms with Crippen molar-refractivity contribution in [3.05, 3.63) is 35.4 Å². The first-order valence-corrected chi connectivity index (χ1v) is 7.66. The quantitative estimate of drug-likeness (QED) is 0.779. The highest BCUT2D eigenvalue weighted by Gasteiger charge is 2.23. The molecule has 0 bridgehead atoms. The van der Waals surface area contributed by atoms with E-state index in [1.165, 1.54) is 20.2 Å². The number of methoxy groups -OCH3 is 1. The number of nitrogens with zero attached hydrogens (tertiary/aromatic N) is 1. The number of esters is 1. The summed E-state index contributed by atoms with van der Waals surface area (Å²) >= 11 is 0. The molecule has 0 fully saturated rings. The van der Waals surface area contributed by atoms with Gasteiger partial charge >= 0.3 is 5.97 Å². The molecule has 0 aliphatic heterocycles. The van der Waals surface area contributed by atoms with E-state index < -0.39 is 22.0 Å². The predicted molar refractivity (Wildman–Crippen MR) is 74.7 cm³/mol. The van der Waals surface area contributed by atoms with Gasteiger partial charge in [-0.25, -0.2) is 13.2 Å². The third-order valence-electron chi connectivity index (χ3n) is 3.02. The molecule has 6 nitrogen and oxygen atoms in total. The van der Waals surface area contributed by atoms with Crippen LogP contribution in [0.25, 0.3) is 0 Å². The molecule has 7 heteroatoms. The lowest BCUT2D eigenvalue weighted by Gasteiger charge is -2.22. The average molecular weight is 301 g/mol. The van der Waals surface area contributed by atoms with Crippen molar-refractivity contribution in [1.29, 1.82) is 0 Å². The second-order valence-corrected chi connectivity index (χ2v) is 6.52. The lowest BCUT2D eigenvalue weighted by molar-refractivity contribution is 0.0600. The van der Waals surface area contributed by atoms with Crippen LogP contribution in [0.2, 0.25) is 0 Å². The normalized spacial score (nSPS) is 13.2. The summed E-state index contributed by atoms with van der Waals surface area (Å²) in [6.07, 6.45) is 0. The number of hydrogen-bond donors (Lipinski definition) is 1. The van der Waals surface area contributed by atoms with E-state index in [1.807, 2.05) is 0 Å². The number of rotatable bonds is 6. The first kappa shape index (κ1) is 16.6. The van der Waals surface area contributed by atoms with Gasteiger partial charge in [-0.3, -0.25) is 0 Å². The fourth-order valence-electron chi connectivity index (χ4n) is 1.61. The van der Waals surface area contributed by atoms with Gasteiger partial charge in [0.1, 0.15) is 0 Å². The lowest BCUT2D eigenvalue weighted by atomic mass is 10.1. The van der Waals surface area contributed by atoms with Gasteiger partial charge in [-0.2, -0.15) is 4.31 Å². The Kier molecular flexibility index (Phi) is 5.67. The second kappa shape index (κ2) is 6.83. The minimum absolute atomic E-state index is 0.237. The Bertz CT molecular complexity index is 570. The van der Waals surface area contributed by atoms with Crippen LogP contribution in [-0.4, -0.2) is 50.6 Å². The molecule has 0 amide bonds. The minimum Gasteiger partial charge on any atom is -0.465 e. The van der Waals surface area contributed by atoms with Gasteiger partial charge in [0.2, 0.25) is 10.0 Å². The average Bonchev–Trinajstić information content (AvgIpc) is 2.44. The molecule has 0 heterocycles. The van der Waals surface area contributed by atoms with Gasteiger partial charge in [0.05, 0.1) is 25.0 Å². The van der Waals surface area contributed by atoms with E-state index in [-0.39, 0.29) is 12.4 Å². The van der Waals surface area contributed by atoms with Crippen molar-refractivity contribution in [3.8, 4) is 0 Å². The molecule has 0 aliphatic rings. The largest absolute Gasteiger partial charge is 0.465 e. The van der Waals surface area contributed by atoms with Crippen LogP contribution < -0.4 is 0 Å². The number of likely N-dealkylation sites (N-methyl/N-ethyl adjacent to an activating group) is 1. The SMILES string of the molecule is COC(=O)c1cccc(CS(=O)(=O)N(C)C(C)CO)c1. The highest BCUT2D eigenvalue weighted by molar-refractivity contribution is 7.88. The van der Waals surface area contributed by atoms with Gasteiger partial charge in [-0.1, -0.05) is 12.1 Å². The Morgan fingerprint density at radius 1 is 1.45 bits per heavy atom. The van der Waals surface area contributed by atoms with Gasteiger partial charge in [-0.05, 0) is 24.6 Å². The van der Waals surface area contributed by atoms with E-state index in [1.54, 1.807) is 25.1 Å². The zero-order valence-corrected chi connectivity index (χ0v) is 12.6. The molecule has 112 valence electrons. The summed E-state index contributed by atoms with van der Waals surface area (Å²) in [5.41, 5.74) is 0.794. The van der Waals surface area contributed by atoms with Crippen LogP contribution in [0.4, 0.5) is 0 Å². The molecule has 1 unspecified atom stereocenters. The van der Waals surface area contributed by atoms with Gasteiger partial charge in [0.25, 0.3) is 0 Å². The maximum absolute atomic E-state index is 12.1. The van der Waals surface area contributed by atoms with E-state index in [9.17, 15) is 13.2 Å². The third-order valence-corrected chi connectivity index (χ3v) is 4.96. The Hall–Kier alpha value is -1.44. The molecular weight excluding hydrogens is 282 g/mol. The molecule has 0 aliphatic carbocycles. The van der Waals surface area contributed by atoms with Gasteiger partial charge in [-0.15, -0.1) is 0 Å². The molecule has 0 radical (unpaired) electrons. The number of benzene rings is 1. The number of carbonyl (C=O) groups excluding carboxylic acids is 1. The summed E-state index contributed by atoms with van der Waals surface area (Å²) in [4.78, 5) is 11.4. The van der Waals surface area contributed by atoms with Crippen molar-refractivity contribution < 1.29 is 23.1 Å². The van der Waals surface area contributed by atoms with Crippen LogP contribution in [0, 0.1) is 0 Å². The van der Waals surface area contributed by atoms with E-state index >= 15 is 0 Å². The standard InChI is InChI=1S/C13H19NO5S/c1-10(8-15)14(2)20(17,18)9-11-5-4-6-12(7-11)13(16)19-3/h4-7,10,15H,8-9H2,1-3H3. The first-order chi connectivity index (χ1) is 9.31. The number of aliphatic hydroxyl groups is 1. The maximum atomic E-state index is 12.1. The summed E-state index contributed by atoms with van der Waals surface area (Å²) in [6.45, 7) is 1.36. The van der Waals surface area contributed by atoms with Crippen LogP contribution in [0.5, 0.6) is 0 Å². The summed E-state index contributed by atoms with van der Waals surface area (Å²) in [5.74, 6) is -0.750. The van der Waals surface area contributed by atoms with E-state index in [4.69, 9.17) is 5.11 Å². The summed E-state index contributed by atoms with van der Waals surface area (Å²) in [6, 6.07) is 5.78. The molecule has 1 aromatic rings. The molecule has 20 heavy (non-hydrogen) atoms. The first-order valence-electron chi connectivity index (χ1n) is 6.05. The van der Waals surface area contributed by atoms with Crippen molar-refractivity contribution >= 4 is 16.0 Å². The van der Waals surface area contributed by atoms with Crippen molar-refractivity contribution in [2.75, 3.05) is 20.8 Å². The number of aliphatic hydroxyl groups excluding tert-OH is 1. The zero-order valence-electron chi connectivity index (χ0n) is 11.7. The smallest absolute Gasteiger partial charge is 0.337 e. The predicted octanol–water partition coefficient (Wildman–Crippen LogP) is 0.616. The molecular formula is C13H19NO5S. The van der Waals surface area contributed by atoms with E-state index in [2.05, 4.69) is 4.74 Å². The van der Waals surface area contributed by atoms with E-state index in [0.29, 0.717) is 11.1 Å². The van der Waals surface area contributed by atoms with Crippen LogP contribution in [0.3, 0.4) is 0 Å². The van der Waals surface area contributed by atoms with Crippen molar-refractivity contribution in [2.24, 2.45) is 0 Å². The number of ether oxygens (including phenoxy) is 1. The van der Waals surface area contributed by atoms with Gasteiger partial charge < -0.3 is 9.84 Å². The van der Waals surface area contributed by atoms with Crippen molar-refractivity contribution in [3.63, 3.8) is 0 Å². The highest BCUT2D eigenvalue weighted by atomic mass is 32.2. The van der Waals surface area contributed by atoms with Crippen LogP contribution in [0.1, 0.15) is 22.8 Å². The monoisotopic (exact) mass is 301 g/mol. The number of carbonyl (C=O) groups is 1. The van der Waals surface area contributed by atoms with Crippen LogP contribution >= 0.6 is 0 Å². The minimum atomic E-state index is -3.55. The zero-order chi connectivity index (χ0) is 15.3. The van der Waals surface area contributed by atoms with Gasteiger partial charge in [0, 0.05) is 13.1 Å². The summed E-state index contributed by atoms with van der Waals surface area (Å²) < 4.78 is 30.0. The van der Waals surface area contributed by atoms with Gasteiger partial charge in [0.15, 0.2) is 0 Å². The molecule has 0 aromatic heterocycles. The van der Waals surface area contributed by atoms with E-state index in [0.717, 1.165) is 4.31 Å². The second-order valence-electron chi connectivity index (χ2n) is 4.50. The Morgan fingerprint density at radius 3 is 2.65 bits per heavy atom. The third kappa shape index (κ3) is 4.03. The molecule has 0 saturated heterocycles. The lowest BCUT2D eigenvalue weighted by Crippen LogP contribution is -2.38. The molecule has 1 atom stereocenters. The van der Waals surface area contributed by atoms with Crippen LogP contribution in [-0.2, 0) is 20.5 Å². The highest BCUT2D eigenvalue weighted by Crippen LogP contribution is 2.14. The number of sulfonamides is 1. The maximum Gasteiger partial charge on any atom is 0.337 e. The summed E-state index contributed by atoms with van der Waals surface area (Å²) in [5, 5.41) is 9.02. The molecule has 1 N–H and O–H groups in total. The number of hydrogen-bond acceptors (Lipinski definition) is 5. The molecule has 1 rings (SSSR count). The fourth-order valence-corrected chi connectivity index (χ4v) is 3.03. The van der Waals surface area contributed by atoms with Crippen molar-refractivity contribution in [1.82, 2.24) is 4.31 Å². The summed E-state index contributed by atoms with van der Waals surface area (Å²) in [7, 11) is -0.869. The molecule has 0 spiro atoms. The van der Waals surface area contributed by atoms with Crippen molar-refractivity contribution in [2.45, 2.75) is 18.7 Å². The van der Waals surface area contributed by atoms with Crippen LogP contribution in [0.15, 0.2) is 24.3 Å². The fraction of sp³-hybridized carbons (Fsp3) is 0.462. The molecule has 1 aromatic carbocycles. The topological polar surface area (TPSA) is 83.9 Å².